The Morgan fingerprint density at radius 2 is 1.63 bits per heavy atom. The topological polar surface area (TPSA) is 38.0 Å². The van der Waals surface area contributed by atoms with E-state index < -0.39 is 23.5 Å². The van der Waals surface area contributed by atoms with Gasteiger partial charge in [0.15, 0.2) is 17.5 Å². The largest absolute Gasteiger partial charge is 0.271 e. The van der Waals surface area contributed by atoms with Gasteiger partial charge in [0.1, 0.15) is 0 Å². The number of hydrazine groups is 1. The zero-order valence-electron chi connectivity index (χ0n) is 10.0. The molecule has 0 saturated carbocycles. The third-order valence-corrected chi connectivity index (χ3v) is 2.92. The number of halogens is 3. The van der Waals surface area contributed by atoms with Gasteiger partial charge in [-0.2, -0.15) is 0 Å². The van der Waals surface area contributed by atoms with Crippen LogP contribution in [0.3, 0.4) is 0 Å². The highest BCUT2D eigenvalue weighted by molar-refractivity contribution is 5.26. The van der Waals surface area contributed by atoms with Gasteiger partial charge in [-0.05, 0) is 18.1 Å². The molecule has 19 heavy (non-hydrogen) atoms. The SMILES string of the molecule is NNC(Cc1ccccc1)c1ccc(F)c(F)c1F. The Bertz CT molecular complexity index is 558. The molecular weight excluding hydrogens is 253 g/mol. The molecule has 2 aromatic rings. The summed E-state index contributed by atoms with van der Waals surface area (Å²) in [4.78, 5) is 0. The van der Waals surface area contributed by atoms with Crippen LogP contribution in [0.25, 0.3) is 0 Å². The van der Waals surface area contributed by atoms with Crippen molar-refractivity contribution in [2.45, 2.75) is 12.5 Å². The van der Waals surface area contributed by atoms with Gasteiger partial charge in [0.25, 0.3) is 0 Å². The molecule has 1 atom stereocenters. The fourth-order valence-corrected chi connectivity index (χ4v) is 1.92. The highest BCUT2D eigenvalue weighted by atomic mass is 19.2. The second-order valence-corrected chi connectivity index (χ2v) is 4.17. The summed E-state index contributed by atoms with van der Waals surface area (Å²) >= 11 is 0. The Hall–Kier alpha value is -1.85. The van der Waals surface area contributed by atoms with Gasteiger partial charge in [0.05, 0.1) is 6.04 Å². The van der Waals surface area contributed by atoms with Crippen LogP contribution < -0.4 is 11.3 Å². The van der Waals surface area contributed by atoms with Crippen molar-refractivity contribution in [1.82, 2.24) is 5.43 Å². The molecule has 0 saturated heterocycles. The van der Waals surface area contributed by atoms with Gasteiger partial charge in [0, 0.05) is 5.56 Å². The molecule has 2 nitrogen and oxygen atoms in total. The number of nitrogens with one attached hydrogen (secondary N) is 1. The Kier molecular flexibility index (Phi) is 4.19. The highest BCUT2D eigenvalue weighted by Crippen LogP contribution is 2.23. The van der Waals surface area contributed by atoms with Gasteiger partial charge in [0.2, 0.25) is 0 Å². The minimum absolute atomic E-state index is 0.00486. The fourth-order valence-electron chi connectivity index (χ4n) is 1.92. The van der Waals surface area contributed by atoms with Crippen molar-refractivity contribution in [1.29, 1.82) is 0 Å². The molecule has 2 rings (SSSR count). The predicted octanol–water partition coefficient (Wildman–Crippen LogP) is 2.85. The van der Waals surface area contributed by atoms with E-state index in [0.717, 1.165) is 11.6 Å². The summed E-state index contributed by atoms with van der Waals surface area (Å²) in [6.07, 6.45) is 0.374. The monoisotopic (exact) mass is 266 g/mol. The van der Waals surface area contributed by atoms with Crippen molar-refractivity contribution in [3.05, 3.63) is 71.0 Å². The second kappa shape index (κ2) is 5.86. The van der Waals surface area contributed by atoms with Crippen LogP contribution in [-0.2, 0) is 6.42 Å². The first-order valence-electron chi connectivity index (χ1n) is 5.77. The number of nitrogens with two attached hydrogens (primary N) is 1. The molecule has 0 aliphatic rings. The van der Waals surface area contributed by atoms with Crippen LogP contribution in [0.5, 0.6) is 0 Å². The Morgan fingerprint density at radius 3 is 2.26 bits per heavy atom. The van der Waals surface area contributed by atoms with Crippen molar-refractivity contribution in [2.24, 2.45) is 5.84 Å². The zero-order valence-corrected chi connectivity index (χ0v) is 10.0. The van der Waals surface area contributed by atoms with E-state index >= 15 is 0 Å². The molecule has 0 heterocycles. The molecule has 5 heteroatoms. The van der Waals surface area contributed by atoms with E-state index in [4.69, 9.17) is 5.84 Å². The number of rotatable bonds is 4. The maximum absolute atomic E-state index is 13.7. The molecule has 0 amide bonds. The summed E-state index contributed by atoms with van der Waals surface area (Å²) in [6.45, 7) is 0. The Balaban J connectivity index is 2.30. The van der Waals surface area contributed by atoms with E-state index in [1.807, 2.05) is 30.3 Å². The van der Waals surface area contributed by atoms with Crippen LogP contribution in [0, 0.1) is 17.5 Å². The molecule has 0 aromatic heterocycles. The van der Waals surface area contributed by atoms with E-state index in [9.17, 15) is 13.2 Å². The van der Waals surface area contributed by atoms with E-state index in [-0.39, 0.29) is 5.56 Å². The maximum Gasteiger partial charge on any atom is 0.194 e. The van der Waals surface area contributed by atoms with Crippen molar-refractivity contribution >= 4 is 0 Å². The third-order valence-electron chi connectivity index (χ3n) is 2.92. The Morgan fingerprint density at radius 1 is 0.947 bits per heavy atom. The molecule has 0 spiro atoms. The second-order valence-electron chi connectivity index (χ2n) is 4.17. The summed E-state index contributed by atoms with van der Waals surface area (Å²) in [5.74, 6) is 1.48. The first-order valence-corrected chi connectivity index (χ1v) is 5.77. The van der Waals surface area contributed by atoms with E-state index in [1.165, 1.54) is 6.07 Å². The molecule has 2 aromatic carbocycles. The van der Waals surface area contributed by atoms with Crippen molar-refractivity contribution in [3.8, 4) is 0 Å². The molecule has 0 bridgehead atoms. The summed E-state index contributed by atoms with van der Waals surface area (Å²) in [5.41, 5.74) is 3.34. The summed E-state index contributed by atoms with van der Waals surface area (Å²) in [7, 11) is 0. The number of benzene rings is 2. The van der Waals surface area contributed by atoms with E-state index in [1.54, 1.807) is 0 Å². The van der Waals surface area contributed by atoms with Crippen LogP contribution in [0.4, 0.5) is 13.2 Å². The van der Waals surface area contributed by atoms with Gasteiger partial charge in [-0.25, -0.2) is 13.2 Å². The first-order chi connectivity index (χ1) is 9.13. The van der Waals surface area contributed by atoms with Gasteiger partial charge in [-0.1, -0.05) is 36.4 Å². The van der Waals surface area contributed by atoms with Crippen LogP contribution in [0.1, 0.15) is 17.2 Å². The number of hydrogen-bond donors (Lipinski definition) is 2. The highest BCUT2D eigenvalue weighted by Gasteiger charge is 2.20. The van der Waals surface area contributed by atoms with Gasteiger partial charge < -0.3 is 0 Å². The summed E-state index contributed by atoms with van der Waals surface area (Å²) in [6, 6.07) is 10.7. The lowest BCUT2D eigenvalue weighted by Crippen LogP contribution is -2.30. The minimum atomic E-state index is -1.48. The fraction of sp³-hybridized carbons (Fsp3) is 0.143. The van der Waals surface area contributed by atoms with Crippen LogP contribution in [0.2, 0.25) is 0 Å². The molecule has 3 N–H and O–H groups in total. The molecule has 0 radical (unpaired) electrons. The minimum Gasteiger partial charge on any atom is -0.271 e. The molecule has 0 fully saturated rings. The standard InChI is InChI=1S/C14H13F3N2/c15-11-7-6-10(13(16)14(11)17)12(19-18)8-9-4-2-1-3-5-9/h1-7,12,19H,8,18H2. The van der Waals surface area contributed by atoms with Crippen LogP contribution >= 0.6 is 0 Å². The van der Waals surface area contributed by atoms with E-state index in [0.29, 0.717) is 6.42 Å². The number of hydrogen-bond acceptors (Lipinski definition) is 2. The lowest BCUT2D eigenvalue weighted by Gasteiger charge is -2.17. The average Bonchev–Trinajstić information content (AvgIpc) is 2.44. The molecule has 100 valence electrons. The van der Waals surface area contributed by atoms with Gasteiger partial charge in [-0.15, -0.1) is 0 Å². The molecule has 1 unspecified atom stereocenters. The lowest BCUT2D eigenvalue weighted by atomic mass is 9.99. The average molecular weight is 266 g/mol. The van der Waals surface area contributed by atoms with Crippen molar-refractivity contribution < 1.29 is 13.2 Å². The smallest absolute Gasteiger partial charge is 0.194 e. The van der Waals surface area contributed by atoms with Crippen LogP contribution in [0.15, 0.2) is 42.5 Å². The summed E-state index contributed by atoms with van der Waals surface area (Å²) < 4.78 is 39.8. The molecule has 0 aliphatic carbocycles. The first kappa shape index (κ1) is 13.6. The Labute approximate surface area is 109 Å². The quantitative estimate of drug-likeness (QED) is 0.507. The molecular formula is C14H13F3N2. The van der Waals surface area contributed by atoms with E-state index in [2.05, 4.69) is 5.43 Å². The van der Waals surface area contributed by atoms with Crippen molar-refractivity contribution in [2.75, 3.05) is 0 Å². The van der Waals surface area contributed by atoms with Gasteiger partial charge in [-0.3, -0.25) is 11.3 Å². The lowest BCUT2D eigenvalue weighted by molar-refractivity contribution is 0.425. The van der Waals surface area contributed by atoms with Crippen molar-refractivity contribution in [3.63, 3.8) is 0 Å². The maximum atomic E-state index is 13.7. The molecule has 0 aliphatic heterocycles. The van der Waals surface area contributed by atoms with Crippen LogP contribution in [-0.4, -0.2) is 0 Å². The van der Waals surface area contributed by atoms with Gasteiger partial charge >= 0.3 is 0 Å². The predicted molar refractivity (Wildman–Crippen MR) is 66.5 cm³/mol. The zero-order chi connectivity index (χ0) is 13.8. The summed E-state index contributed by atoms with van der Waals surface area (Å²) in [5, 5.41) is 0. The third kappa shape index (κ3) is 2.94. The normalized spacial score (nSPS) is 12.4.